The van der Waals surface area contributed by atoms with E-state index >= 15 is 0 Å². The summed E-state index contributed by atoms with van der Waals surface area (Å²) in [5.74, 6) is 0. The third-order valence-corrected chi connectivity index (χ3v) is 17.6. The van der Waals surface area contributed by atoms with Crippen molar-refractivity contribution in [2.24, 2.45) is 0 Å². The molecule has 13 aromatic rings. The van der Waals surface area contributed by atoms with Gasteiger partial charge >= 0.3 is 0 Å². The number of benzene rings is 11. The van der Waals surface area contributed by atoms with Crippen LogP contribution < -0.4 is 0 Å². The van der Waals surface area contributed by atoms with Crippen LogP contribution in [0.25, 0.3) is 122 Å². The molecular formula is C82H76N2. The maximum absolute atomic E-state index is 2.47. The molecule has 11 aromatic carbocycles. The zero-order valence-electron chi connectivity index (χ0n) is 51.0. The minimum Gasteiger partial charge on any atom is -0.309 e. The van der Waals surface area contributed by atoms with Crippen LogP contribution in [0.5, 0.6) is 0 Å². The van der Waals surface area contributed by atoms with Crippen molar-refractivity contribution in [3.63, 3.8) is 0 Å². The van der Waals surface area contributed by atoms with E-state index in [2.05, 4.69) is 335 Å². The number of rotatable bonds is 8. The van der Waals surface area contributed by atoms with Crippen LogP contribution in [0, 0.1) is 0 Å². The summed E-state index contributed by atoms with van der Waals surface area (Å²) in [6, 6.07) is 91.8. The Morgan fingerprint density at radius 2 is 0.417 bits per heavy atom. The second-order valence-electron chi connectivity index (χ2n) is 27.5. The summed E-state index contributed by atoms with van der Waals surface area (Å²) in [5.41, 5.74) is 26.8. The molecular weight excluding hydrogens is 1010 g/mol. The minimum atomic E-state index is 0.0226. The van der Waals surface area contributed by atoms with Crippen molar-refractivity contribution in [2.75, 3.05) is 0 Å². The van der Waals surface area contributed by atoms with Gasteiger partial charge in [-0.2, -0.15) is 0 Å². The van der Waals surface area contributed by atoms with Crippen LogP contribution >= 0.6 is 0 Å². The summed E-state index contributed by atoms with van der Waals surface area (Å²) in [7, 11) is 0. The molecule has 0 saturated carbocycles. The maximum Gasteiger partial charge on any atom is 0.0541 e. The van der Waals surface area contributed by atoms with Gasteiger partial charge in [0, 0.05) is 32.9 Å². The Morgan fingerprint density at radius 3 is 0.655 bits per heavy atom. The molecule has 0 saturated heterocycles. The normalized spacial score (nSPS) is 12.5. The van der Waals surface area contributed by atoms with Gasteiger partial charge < -0.3 is 9.13 Å². The van der Waals surface area contributed by atoms with Crippen LogP contribution in [0.1, 0.15) is 105 Å². The number of nitrogens with zero attached hydrogens (tertiary/aromatic N) is 2. The largest absolute Gasteiger partial charge is 0.309 e. The summed E-state index contributed by atoms with van der Waals surface area (Å²) in [6.45, 7) is 27.7. The van der Waals surface area contributed by atoms with Crippen LogP contribution in [0.2, 0.25) is 0 Å². The standard InChI is InChI=1S/C82H76N2/c1-79(2,3)61-35-43-75-71(47-61)72-48-62(80(4,5)6)36-44-76(72)83(75)65-39-31-59(32-40-65)69-51-68(58-29-25-56(26-30-58)54-21-17-14-18-22-54)70(52-67(69)57-27-23-55(24-28-57)53-19-15-13-16-20-53)60-33-41-66(42-34-60)84-77-45-37-63(81(7,8)9)49-73(77)74-50-64(82(10,11)12)38-46-78(74)84/h13-52H,1-12H3. The van der Waals surface area contributed by atoms with Crippen molar-refractivity contribution in [2.45, 2.75) is 105 Å². The molecule has 0 aliphatic rings. The summed E-state index contributed by atoms with van der Waals surface area (Å²) in [5, 5.41) is 5.17. The van der Waals surface area contributed by atoms with Gasteiger partial charge in [0.25, 0.3) is 0 Å². The fourth-order valence-corrected chi connectivity index (χ4v) is 12.5. The van der Waals surface area contributed by atoms with Crippen LogP contribution in [-0.2, 0) is 21.7 Å². The first-order chi connectivity index (χ1) is 40.2. The van der Waals surface area contributed by atoms with Crippen molar-refractivity contribution >= 4 is 43.6 Å². The third-order valence-electron chi connectivity index (χ3n) is 17.6. The quantitative estimate of drug-likeness (QED) is 0.144. The lowest BCUT2D eigenvalue weighted by Gasteiger charge is -2.20. The van der Waals surface area contributed by atoms with Gasteiger partial charge in [0.05, 0.1) is 22.1 Å². The van der Waals surface area contributed by atoms with E-state index in [1.54, 1.807) is 0 Å². The highest BCUT2D eigenvalue weighted by Gasteiger charge is 2.25. The van der Waals surface area contributed by atoms with Crippen molar-refractivity contribution in [1.82, 2.24) is 9.13 Å². The van der Waals surface area contributed by atoms with Gasteiger partial charge in [-0.3, -0.25) is 0 Å². The van der Waals surface area contributed by atoms with Gasteiger partial charge in [0.1, 0.15) is 0 Å². The van der Waals surface area contributed by atoms with E-state index in [-0.39, 0.29) is 21.7 Å². The Bertz CT molecular complexity index is 4150. The zero-order valence-corrected chi connectivity index (χ0v) is 51.0. The monoisotopic (exact) mass is 1090 g/mol. The first-order valence-corrected chi connectivity index (χ1v) is 30.1. The van der Waals surface area contributed by atoms with E-state index in [0.717, 1.165) is 22.5 Å². The zero-order chi connectivity index (χ0) is 58.5. The molecule has 0 amide bonds. The fraction of sp³-hybridized carbons (Fsp3) is 0.195. The molecule has 0 radical (unpaired) electrons. The molecule has 13 rings (SSSR count). The molecule has 2 aromatic heterocycles. The predicted octanol–water partition coefficient (Wildman–Crippen LogP) is 23.1. The van der Waals surface area contributed by atoms with E-state index in [1.165, 1.54) is 122 Å². The first kappa shape index (κ1) is 54.3. The second kappa shape index (κ2) is 20.4. The minimum absolute atomic E-state index is 0.0226. The topological polar surface area (TPSA) is 9.86 Å². The summed E-state index contributed by atoms with van der Waals surface area (Å²) in [6.07, 6.45) is 0. The number of hydrogen-bond acceptors (Lipinski definition) is 0. The SMILES string of the molecule is CC(C)(C)c1ccc2c(c1)c1cc(C(C)(C)C)ccc1n2-c1ccc(-c2cc(-c3ccc(-c4ccccc4)cc3)c(-c3ccc(-n4c5ccc(C(C)(C)C)cc5c5cc(C(C)(C)C)ccc54)cc3)cc2-c2ccc(-c3ccccc3)cc2)cc1. The summed E-state index contributed by atoms with van der Waals surface area (Å²) in [4.78, 5) is 0. The molecule has 0 fully saturated rings. The lowest BCUT2D eigenvalue weighted by molar-refractivity contribution is 0.590. The van der Waals surface area contributed by atoms with Crippen LogP contribution in [-0.4, -0.2) is 9.13 Å². The molecule has 414 valence electrons. The Kier molecular flexibility index (Phi) is 13.2. The van der Waals surface area contributed by atoms with Gasteiger partial charge in [-0.25, -0.2) is 0 Å². The van der Waals surface area contributed by atoms with E-state index in [1.807, 2.05) is 0 Å². The van der Waals surface area contributed by atoms with Gasteiger partial charge in [0.15, 0.2) is 0 Å². The lowest BCUT2D eigenvalue weighted by atomic mass is 9.85. The highest BCUT2D eigenvalue weighted by atomic mass is 15.0. The van der Waals surface area contributed by atoms with Crippen molar-refractivity contribution in [1.29, 1.82) is 0 Å². The van der Waals surface area contributed by atoms with Gasteiger partial charge in [-0.15, -0.1) is 0 Å². The molecule has 0 atom stereocenters. The van der Waals surface area contributed by atoms with Crippen LogP contribution in [0.15, 0.2) is 243 Å². The molecule has 0 bridgehead atoms. The molecule has 0 unspecified atom stereocenters. The average Bonchev–Trinajstić information content (AvgIpc) is 3.76. The van der Waals surface area contributed by atoms with Crippen molar-refractivity contribution < 1.29 is 0 Å². The van der Waals surface area contributed by atoms with Crippen LogP contribution in [0.3, 0.4) is 0 Å². The van der Waals surface area contributed by atoms with E-state index in [0.29, 0.717) is 0 Å². The third kappa shape index (κ3) is 9.96. The van der Waals surface area contributed by atoms with Crippen LogP contribution in [0.4, 0.5) is 0 Å². The molecule has 0 aliphatic carbocycles. The highest BCUT2D eigenvalue weighted by Crippen LogP contribution is 2.46. The van der Waals surface area contributed by atoms with Crippen molar-refractivity contribution in [3.8, 4) is 78.1 Å². The van der Waals surface area contributed by atoms with E-state index in [4.69, 9.17) is 0 Å². The molecule has 0 N–H and O–H groups in total. The first-order valence-electron chi connectivity index (χ1n) is 30.1. The molecule has 2 nitrogen and oxygen atoms in total. The van der Waals surface area contributed by atoms with Gasteiger partial charge in [-0.05, 0) is 196 Å². The van der Waals surface area contributed by atoms with Gasteiger partial charge in [-0.1, -0.05) is 241 Å². The number of fused-ring (bicyclic) bond motifs is 6. The Balaban J connectivity index is 0.998. The Morgan fingerprint density at radius 1 is 0.202 bits per heavy atom. The smallest absolute Gasteiger partial charge is 0.0541 e. The predicted molar refractivity (Wildman–Crippen MR) is 363 cm³/mol. The average molecular weight is 1090 g/mol. The highest BCUT2D eigenvalue weighted by molar-refractivity contribution is 6.11. The van der Waals surface area contributed by atoms with Gasteiger partial charge in [0.2, 0.25) is 0 Å². The van der Waals surface area contributed by atoms with E-state index < -0.39 is 0 Å². The molecule has 2 heteroatoms. The molecule has 0 spiro atoms. The number of aromatic nitrogens is 2. The second-order valence-corrected chi connectivity index (χ2v) is 27.5. The summed E-state index contributed by atoms with van der Waals surface area (Å²) < 4.78 is 4.93. The molecule has 84 heavy (non-hydrogen) atoms. The fourth-order valence-electron chi connectivity index (χ4n) is 12.5. The summed E-state index contributed by atoms with van der Waals surface area (Å²) >= 11 is 0. The Labute approximate surface area is 497 Å². The maximum atomic E-state index is 2.47. The lowest BCUT2D eigenvalue weighted by Crippen LogP contribution is -2.10. The van der Waals surface area contributed by atoms with E-state index in [9.17, 15) is 0 Å². The Hall–Kier alpha value is -8.98. The number of hydrogen-bond donors (Lipinski definition) is 0. The van der Waals surface area contributed by atoms with Crippen molar-refractivity contribution in [3.05, 3.63) is 265 Å². The molecule has 0 aliphatic heterocycles. The molecule has 2 heterocycles.